The molecular formula is C14H21N3O3. The summed E-state index contributed by atoms with van der Waals surface area (Å²) in [6.07, 6.45) is 2.41. The van der Waals surface area contributed by atoms with Gasteiger partial charge in [0.05, 0.1) is 12.1 Å². The van der Waals surface area contributed by atoms with Gasteiger partial charge in [0.15, 0.2) is 0 Å². The first-order valence-electron chi connectivity index (χ1n) is 6.87. The fourth-order valence-corrected chi connectivity index (χ4v) is 2.37. The largest absolute Gasteiger partial charge is 0.480 e. The van der Waals surface area contributed by atoms with Gasteiger partial charge in [-0.2, -0.15) is 5.10 Å². The number of carboxylic acid groups (broad SMARTS) is 1. The van der Waals surface area contributed by atoms with Crippen LogP contribution in [0.3, 0.4) is 0 Å². The van der Waals surface area contributed by atoms with Crippen LogP contribution in [0, 0.1) is 19.8 Å². The molecule has 1 aromatic heterocycles. The summed E-state index contributed by atoms with van der Waals surface area (Å²) in [5.41, 5.74) is 2.70. The lowest BCUT2D eigenvalue weighted by molar-refractivity contribution is -0.144. The molecule has 1 fully saturated rings. The summed E-state index contributed by atoms with van der Waals surface area (Å²) in [6.45, 7) is 4.14. The molecule has 0 aromatic carbocycles. The highest BCUT2D eigenvalue weighted by atomic mass is 16.4. The molecule has 20 heavy (non-hydrogen) atoms. The van der Waals surface area contributed by atoms with Gasteiger partial charge in [0.2, 0.25) is 5.91 Å². The molecule has 0 radical (unpaired) electrons. The maximum atomic E-state index is 12.4. The molecule has 1 heterocycles. The van der Waals surface area contributed by atoms with Crippen molar-refractivity contribution in [3.63, 3.8) is 0 Å². The van der Waals surface area contributed by atoms with Crippen LogP contribution >= 0.6 is 0 Å². The van der Waals surface area contributed by atoms with E-state index >= 15 is 0 Å². The number of aliphatic carboxylic acids is 1. The second-order valence-electron chi connectivity index (χ2n) is 5.56. The first kappa shape index (κ1) is 14.6. The predicted molar refractivity (Wildman–Crippen MR) is 73.3 cm³/mol. The number of aromatic nitrogens is 2. The Morgan fingerprint density at radius 2 is 2.05 bits per heavy atom. The average molecular weight is 279 g/mol. The van der Waals surface area contributed by atoms with Crippen molar-refractivity contribution < 1.29 is 14.7 Å². The molecule has 0 aliphatic heterocycles. The second-order valence-corrected chi connectivity index (χ2v) is 5.56. The Kier molecular flexibility index (Phi) is 4.11. The molecule has 1 amide bonds. The lowest BCUT2D eigenvalue weighted by Gasteiger charge is -2.20. The molecule has 0 atom stereocenters. The lowest BCUT2D eigenvalue weighted by Crippen LogP contribution is -2.38. The maximum absolute atomic E-state index is 12.4. The minimum atomic E-state index is -0.960. The monoisotopic (exact) mass is 279 g/mol. The normalized spacial score (nSPS) is 14.3. The van der Waals surface area contributed by atoms with Crippen molar-refractivity contribution >= 4 is 11.9 Å². The summed E-state index contributed by atoms with van der Waals surface area (Å²) in [4.78, 5) is 24.7. The Balaban J connectivity index is 2.08. The molecule has 1 saturated carbocycles. The van der Waals surface area contributed by atoms with Gasteiger partial charge in [0, 0.05) is 24.8 Å². The average Bonchev–Trinajstić information content (AvgIpc) is 3.13. The zero-order chi connectivity index (χ0) is 14.9. The van der Waals surface area contributed by atoms with Gasteiger partial charge in [-0.25, -0.2) is 0 Å². The SMILES string of the molecule is Cc1nn(C)c(C)c1CC(=O)N(CC(=O)O)CC1CC1. The number of aryl methyl sites for hydroxylation is 2. The highest BCUT2D eigenvalue weighted by molar-refractivity contribution is 5.83. The van der Waals surface area contributed by atoms with Crippen molar-refractivity contribution in [1.29, 1.82) is 0 Å². The van der Waals surface area contributed by atoms with E-state index in [9.17, 15) is 9.59 Å². The van der Waals surface area contributed by atoms with Gasteiger partial charge >= 0.3 is 5.97 Å². The van der Waals surface area contributed by atoms with E-state index in [-0.39, 0.29) is 18.9 Å². The number of amides is 1. The summed E-state index contributed by atoms with van der Waals surface area (Å²) in [5, 5.41) is 13.2. The molecule has 0 saturated heterocycles. The fourth-order valence-electron chi connectivity index (χ4n) is 2.37. The highest BCUT2D eigenvalue weighted by Crippen LogP contribution is 2.30. The molecular weight excluding hydrogens is 258 g/mol. The molecule has 1 aliphatic rings. The zero-order valence-corrected chi connectivity index (χ0v) is 12.2. The molecule has 0 bridgehead atoms. The van der Waals surface area contributed by atoms with E-state index in [1.807, 2.05) is 20.9 Å². The van der Waals surface area contributed by atoms with Crippen LogP contribution in [0.5, 0.6) is 0 Å². The van der Waals surface area contributed by atoms with Crippen LogP contribution < -0.4 is 0 Å². The van der Waals surface area contributed by atoms with Gasteiger partial charge < -0.3 is 10.0 Å². The smallest absolute Gasteiger partial charge is 0.323 e. The standard InChI is InChI=1S/C14H21N3O3/c1-9-12(10(2)16(3)15-9)6-13(18)17(8-14(19)20)7-11-4-5-11/h11H,4-8H2,1-3H3,(H,19,20). The molecule has 1 N–H and O–H groups in total. The fraction of sp³-hybridized carbons (Fsp3) is 0.643. The van der Waals surface area contributed by atoms with E-state index in [4.69, 9.17) is 5.11 Å². The summed E-state index contributed by atoms with van der Waals surface area (Å²) in [7, 11) is 1.84. The van der Waals surface area contributed by atoms with Crippen LogP contribution in [0.1, 0.15) is 29.8 Å². The minimum absolute atomic E-state index is 0.126. The van der Waals surface area contributed by atoms with Gasteiger partial charge in [-0.3, -0.25) is 14.3 Å². The molecule has 6 nitrogen and oxygen atoms in total. The van der Waals surface area contributed by atoms with Crippen molar-refractivity contribution in [2.75, 3.05) is 13.1 Å². The highest BCUT2D eigenvalue weighted by Gasteiger charge is 2.28. The predicted octanol–water partition coefficient (Wildman–Crippen LogP) is 0.903. The Morgan fingerprint density at radius 1 is 1.40 bits per heavy atom. The van der Waals surface area contributed by atoms with Crippen LogP contribution in [0.4, 0.5) is 0 Å². The first-order chi connectivity index (χ1) is 9.38. The molecule has 1 aliphatic carbocycles. The Morgan fingerprint density at radius 3 is 2.50 bits per heavy atom. The van der Waals surface area contributed by atoms with E-state index in [1.54, 1.807) is 4.68 Å². The Bertz CT molecular complexity index is 532. The van der Waals surface area contributed by atoms with Crippen molar-refractivity contribution in [3.8, 4) is 0 Å². The minimum Gasteiger partial charge on any atom is -0.480 e. The quantitative estimate of drug-likeness (QED) is 0.839. The van der Waals surface area contributed by atoms with Gasteiger partial charge in [-0.15, -0.1) is 0 Å². The summed E-state index contributed by atoms with van der Waals surface area (Å²) < 4.78 is 1.75. The molecule has 0 unspecified atom stereocenters. The van der Waals surface area contributed by atoms with Crippen molar-refractivity contribution in [2.45, 2.75) is 33.1 Å². The van der Waals surface area contributed by atoms with Gasteiger partial charge in [0.25, 0.3) is 0 Å². The van der Waals surface area contributed by atoms with Crippen LogP contribution in [-0.2, 0) is 23.1 Å². The molecule has 0 spiro atoms. The molecule has 1 aromatic rings. The number of carbonyl (C=O) groups excluding carboxylic acids is 1. The summed E-state index contributed by atoms with van der Waals surface area (Å²) in [6, 6.07) is 0. The van der Waals surface area contributed by atoms with Crippen LogP contribution in [0.2, 0.25) is 0 Å². The van der Waals surface area contributed by atoms with E-state index in [0.717, 1.165) is 29.8 Å². The molecule has 6 heteroatoms. The second kappa shape index (κ2) is 5.64. The van der Waals surface area contributed by atoms with Crippen molar-refractivity contribution in [2.24, 2.45) is 13.0 Å². The van der Waals surface area contributed by atoms with Crippen molar-refractivity contribution in [1.82, 2.24) is 14.7 Å². The van der Waals surface area contributed by atoms with Gasteiger partial charge in [0.1, 0.15) is 6.54 Å². The lowest BCUT2D eigenvalue weighted by atomic mass is 10.1. The van der Waals surface area contributed by atoms with Gasteiger partial charge in [-0.05, 0) is 32.6 Å². The summed E-state index contributed by atoms with van der Waals surface area (Å²) >= 11 is 0. The third kappa shape index (κ3) is 3.37. The molecule has 110 valence electrons. The Labute approximate surface area is 118 Å². The first-order valence-corrected chi connectivity index (χ1v) is 6.87. The number of carboxylic acids is 1. The number of rotatable bonds is 6. The maximum Gasteiger partial charge on any atom is 0.323 e. The number of nitrogens with zero attached hydrogens (tertiary/aromatic N) is 3. The number of hydrogen-bond donors (Lipinski definition) is 1. The van der Waals surface area contributed by atoms with E-state index in [1.165, 1.54) is 4.90 Å². The van der Waals surface area contributed by atoms with Crippen LogP contribution in [0.15, 0.2) is 0 Å². The molecule has 2 rings (SSSR count). The third-order valence-corrected chi connectivity index (χ3v) is 3.84. The van der Waals surface area contributed by atoms with E-state index < -0.39 is 5.97 Å². The van der Waals surface area contributed by atoms with Crippen LogP contribution in [-0.4, -0.2) is 44.8 Å². The Hall–Kier alpha value is -1.85. The zero-order valence-electron chi connectivity index (χ0n) is 12.2. The van der Waals surface area contributed by atoms with E-state index in [2.05, 4.69) is 5.10 Å². The van der Waals surface area contributed by atoms with Crippen LogP contribution in [0.25, 0.3) is 0 Å². The van der Waals surface area contributed by atoms with E-state index in [0.29, 0.717) is 12.5 Å². The summed E-state index contributed by atoms with van der Waals surface area (Å²) in [5.74, 6) is -0.605. The topological polar surface area (TPSA) is 75.4 Å². The number of carbonyl (C=O) groups is 2. The number of hydrogen-bond acceptors (Lipinski definition) is 3. The third-order valence-electron chi connectivity index (χ3n) is 3.84. The van der Waals surface area contributed by atoms with Gasteiger partial charge in [-0.1, -0.05) is 0 Å². The van der Waals surface area contributed by atoms with Crippen molar-refractivity contribution in [3.05, 3.63) is 17.0 Å².